The second kappa shape index (κ2) is 22.6. The second-order valence-corrected chi connectivity index (χ2v) is 11.2. The molecule has 0 N–H and O–H groups in total. The SMILES string of the molecule is C=C.C=C.C[Si](C)C.C[Si](C)C.[Rh].c1ccc2[cH-]ccc2c1. The molecule has 0 amide bonds. The second-order valence-electron chi connectivity index (χ2n) is 5.15. The standard InChI is InChI=1S/C9H7.2C3H9Si.2C2H4.Rh/c1-2-5-9-7-3-6-8(9)4-1;2*1-4(2)3;2*1-2;/h1-7H;2*1-3H3;2*1-2H2;/q-1;;;;;. The first-order chi connectivity index (χ1) is 9.93. The van der Waals surface area contributed by atoms with E-state index in [9.17, 15) is 0 Å². The van der Waals surface area contributed by atoms with Crippen LogP contribution in [0.3, 0.4) is 0 Å². The van der Waals surface area contributed by atoms with E-state index in [1.165, 1.54) is 10.8 Å². The first-order valence-corrected chi connectivity index (χ1v) is 13.1. The van der Waals surface area contributed by atoms with Crippen LogP contribution in [0.1, 0.15) is 0 Å². The van der Waals surface area contributed by atoms with Crippen LogP contribution < -0.4 is 0 Å². The Morgan fingerprint density at radius 1 is 0.727 bits per heavy atom. The van der Waals surface area contributed by atoms with Crippen molar-refractivity contribution in [3.63, 3.8) is 0 Å². The molecule has 22 heavy (non-hydrogen) atoms. The van der Waals surface area contributed by atoms with Gasteiger partial charge in [0.25, 0.3) is 0 Å². The van der Waals surface area contributed by atoms with E-state index in [0.717, 1.165) is 0 Å². The Morgan fingerprint density at radius 3 is 1.45 bits per heavy atom. The third-order valence-electron chi connectivity index (χ3n) is 1.55. The quantitative estimate of drug-likeness (QED) is 0.247. The summed E-state index contributed by atoms with van der Waals surface area (Å²) >= 11 is 0. The number of hydrogen-bond acceptors (Lipinski definition) is 0. The van der Waals surface area contributed by atoms with Crippen LogP contribution in [0.4, 0.5) is 0 Å². The van der Waals surface area contributed by atoms with Gasteiger partial charge in [-0.05, 0) is 0 Å². The van der Waals surface area contributed by atoms with E-state index in [2.05, 4.69) is 108 Å². The van der Waals surface area contributed by atoms with E-state index < -0.39 is 0 Å². The van der Waals surface area contributed by atoms with Gasteiger partial charge in [-0.2, -0.15) is 17.5 Å². The van der Waals surface area contributed by atoms with Crippen LogP contribution in [0.5, 0.6) is 0 Å². The molecule has 0 spiro atoms. The zero-order valence-corrected chi connectivity index (χ0v) is 18.8. The van der Waals surface area contributed by atoms with Crippen LogP contribution in [0.2, 0.25) is 39.3 Å². The van der Waals surface area contributed by atoms with Gasteiger partial charge in [-0.1, -0.05) is 45.3 Å². The van der Waals surface area contributed by atoms with Crippen molar-refractivity contribution in [3.8, 4) is 0 Å². The fourth-order valence-corrected chi connectivity index (χ4v) is 1.07. The molecule has 0 nitrogen and oxygen atoms in total. The molecule has 0 bridgehead atoms. The molecule has 0 heterocycles. The third kappa shape index (κ3) is 24.4. The van der Waals surface area contributed by atoms with Gasteiger partial charge in [0.1, 0.15) is 0 Å². The van der Waals surface area contributed by atoms with Gasteiger partial charge in [0, 0.05) is 37.1 Å². The predicted molar refractivity (Wildman–Crippen MR) is 109 cm³/mol. The maximum Gasteiger partial charge on any atom is 0.0379 e. The summed E-state index contributed by atoms with van der Waals surface area (Å²) in [7, 11) is 0.241. The molecule has 2 rings (SSSR count). The van der Waals surface area contributed by atoms with Crippen molar-refractivity contribution in [2.24, 2.45) is 0 Å². The Hall–Kier alpha value is -0.633. The monoisotopic (exact) mass is 420 g/mol. The molecule has 0 aliphatic rings. The third-order valence-corrected chi connectivity index (χ3v) is 1.55. The fourth-order valence-electron chi connectivity index (χ4n) is 1.07. The van der Waals surface area contributed by atoms with Crippen LogP contribution in [0.25, 0.3) is 10.8 Å². The molecule has 0 atom stereocenters. The molecule has 0 unspecified atom stereocenters. The van der Waals surface area contributed by atoms with Crippen molar-refractivity contribution >= 4 is 28.4 Å². The smallest absolute Gasteiger partial charge is 0.0379 e. The zero-order valence-electron chi connectivity index (χ0n) is 15.2. The summed E-state index contributed by atoms with van der Waals surface area (Å²) in [6.07, 6.45) is 0. The molecule has 0 saturated carbocycles. The minimum absolute atomic E-state index is 0. The maximum absolute atomic E-state index is 3.00. The average Bonchev–Trinajstić information content (AvgIpc) is 2.90. The summed E-state index contributed by atoms with van der Waals surface area (Å²) < 4.78 is 0. The molecule has 3 heteroatoms. The van der Waals surface area contributed by atoms with E-state index in [-0.39, 0.29) is 37.1 Å². The van der Waals surface area contributed by atoms with E-state index in [0.29, 0.717) is 0 Å². The van der Waals surface area contributed by atoms with Crippen molar-refractivity contribution in [3.05, 3.63) is 68.8 Å². The molecule has 2 aromatic rings. The average molecular weight is 421 g/mol. The van der Waals surface area contributed by atoms with Crippen LogP contribution in [-0.4, -0.2) is 17.6 Å². The summed E-state index contributed by atoms with van der Waals surface area (Å²) in [5, 5.41) is 2.66. The van der Waals surface area contributed by atoms with Crippen molar-refractivity contribution < 1.29 is 19.5 Å². The van der Waals surface area contributed by atoms with E-state index in [4.69, 9.17) is 0 Å². The number of fused-ring (bicyclic) bond motifs is 1. The van der Waals surface area contributed by atoms with Gasteiger partial charge in [-0.15, -0.1) is 56.0 Å². The van der Waals surface area contributed by atoms with Gasteiger partial charge in [0.15, 0.2) is 0 Å². The molecule has 0 fully saturated rings. The summed E-state index contributed by atoms with van der Waals surface area (Å²) in [4.78, 5) is 0. The molecule has 0 aromatic heterocycles. The van der Waals surface area contributed by atoms with Crippen molar-refractivity contribution in [2.75, 3.05) is 0 Å². The number of benzene rings is 1. The molecule has 0 aliphatic heterocycles. The zero-order chi connectivity index (χ0) is 17.3. The molecule has 127 valence electrons. The molecule has 0 aliphatic carbocycles. The van der Waals surface area contributed by atoms with E-state index in [1.807, 2.05) is 0 Å². The molecule has 0 saturated heterocycles. The largest absolute Gasteiger partial charge is 0.168 e. The predicted octanol–water partition coefficient (Wildman–Crippen LogP) is 6.90. The number of hydrogen-bond donors (Lipinski definition) is 0. The van der Waals surface area contributed by atoms with Crippen LogP contribution in [0.15, 0.2) is 68.8 Å². The summed E-state index contributed by atoms with van der Waals surface area (Å²) in [6.45, 7) is 25.6. The van der Waals surface area contributed by atoms with Crippen LogP contribution >= 0.6 is 0 Å². The summed E-state index contributed by atoms with van der Waals surface area (Å²) in [5.74, 6) is 0. The van der Waals surface area contributed by atoms with Gasteiger partial charge >= 0.3 is 0 Å². The van der Waals surface area contributed by atoms with Gasteiger partial charge in [0.05, 0.1) is 0 Å². The first-order valence-electron chi connectivity index (χ1n) is 7.07. The first kappa shape index (κ1) is 29.4. The van der Waals surface area contributed by atoms with E-state index in [1.54, 1.807) is 0 Å². The molecule has 2 aromatic carbocycles. The minimum Gasteiger partial charge on any atom is -0.168 e. The van der Waals surface area contributed by atoms with Crippen LogP contribution in [0, 0.1) is 0 Å². The maximum atomic E-state index is 3.00. The topological polar surface area (TPSA) is 0 Å². The van der Waals surface area contributed by atoms with Crippen LogP contribution in [-0.2, 0) is 19.5 Å². The molecule has 3 radical (unpaired) electrons. The molecular formula is C19H33RhSi2-. The fraction of sp³-hybridized carbons (Fsp3) is 0.316. The summed E-state index contributed by atoms with van der Waals surface area (Å²) in [5.41, 5.74) is 0. The minimum atomic E-state index is 0. The summed E-state index contributed by atoms with van der Waals surface area (Å²) in [6, 6.07) is 14.7. The Labute approximate surface area is 155 Å². The van der Waals surface area contributed by atoms with Gasteiger partial charge in [-0.25, -0.2) is 0 Å². The van der Waals surface area contributed by atoms with Crippen molar-refractivity contribution in [2.45, 2.75) is 39.3 Å². The Kier molecular flexibility index (Phi) is 30.2. The Morgan fingerprint density at radius 2 is 1.09 bits per heavy atom. The van der Waals surface area contributed by atoms with Crippen molar-refractivity contribution in [1.29, 1.82) is 0 Å². The Balaban J connectivity index is -0.000000108. The normalized spacial score (nSPS) is 7.82. The molecular weight excluding hydrogens is 387 g/mol. The van der Waals surface area contributed by atoms with Gasteiger partial charge < -0.3 is 0 Å². The van der Waals surface area contributed by atoms with E-state index >= 15 is 0 Å². The van der Waals surface area contributed by atoms with Gasteiger partial charge in [-0.3, -0.25) is 0 Å². The number of rotatable bonds is 0. The Bertz CT molecular complexity index is 378. The van der Waals surface area contributed by atoms with Crippen molar-refractivity contribution in [1.82, 2.24) is 0 Å². The van der Waals surface area contributed by atoms with Gasteiger partial charge in [0.2, 0.25) is 0 Å².